The van der Waals surface area contributed by atoms with Crippen LogP contribution in [0.4, 0.5) is 9.18 Å². The summed E-state index contributed by atoms with van der Waals surface area (Å²) in [4.78, 5) is 13.3. The number of hydrogen-bond acceptors (Lipinski definition) is 4. The lowest BCUT2D eigenvalue weighted by Crippen LogP contribution is -2.60. The molecular weight excluding hydrogens is 353 g/mol. The van der Waals surface area contributed by atoms with Gasteiger partial charge in [0.25, 0.3) is 0 Å². The molecule has 1 aromatic rings. The predicted molar refractivity (Wildman–Crippen MR) is 103 cm³/mol. The average Bonchev–Trinajstić information content (AvgIpc) is 2.61. The van der Waals surface area contributed by atoms with Crippen LogP contribution in [0.1, 0.15) is 30.7 Å². The van der Waals surface area contributed by atoms with Gasteiger partial charge in [0, 0.05) is 43.2 Å². The molecule has 144 valence electrons. The van der Waals surface area contributed by atoms with Gasteiger partial charge in [-0.25, -0.2) is 9.18 Å². The van der Waals surface area contributed by atoms with Gasteiger partial charge in [0.1, 0.15) is 5.82 Å². The minimum absolute atomic E-state index is 0.234. The standard InChI is InChI=1S/C19H28FN3O2S/c20-16-3-1-14(2-4-16)15(5-8-22-19(24)25)6-10-23-11-7-18(23)17-13-26-12-9-21-17/h1-4,15,17-18,21-22H,5-13H2,(H,24,25). The summed E-state index contributed by atoms with van der Waals surface area (Å²) in [5.74, 6) is 2.38. The van der Waals surface area contributed by atoms with E-state index in [1.165, 1.54) is 30.1 Å². The van der Waals surface area contributed by atoms with E-state index >= 15 is 0 Å². The molecule has 2 aliphatic rings. The van der Waals surface area contributed by atoms with E-state index in [1.54, 1.807) is 0 Å². The number of halogens is 1. The first-order valence-electron chi connectivity index (χ1n) is 9.41. The molecule has 0 saturated carbocycles. The van der Waals surface area contributed by atoms with E-state index in [2.05, 4.69) is 15.5 Å². The van der Waals surface area contributed by atoms with Gasteiger partial charge in [-0.15, -0.1) is 0 Å². The topological polar surface area (TPSA) is 64.6 Å². The number of carboxylic acid groups (broad SMARTS) is 1. The number of nitrogens with one attached hydrogen (secondary N) is 2. The molecule has 7 heteroatoms. The number of nitrogens with zero attached hydrogens (tertiary/aromatic N) is 1. The smallest absolute Gasteiger partial charge is 0.404 e. The second-order valence-electron chi connectivity index (χ2n) is 7.09. The van der Waals surface area contributed by atoms with Crippen LogP contribution < -0.4 is 10.6 Å². The lowest BCUT2D eigenvalue weighted by atomic mass is 9.89. The molecule has 2 heterocycles. The molecule has 26 heavy (non-hydrogen) atoms. The molecule has 3 N–H and O–H groups in total. The molecule has 3 rings (SSSR count). The summed E-state index contributed by atoms with van der Waals surface area (Å²) in [5, 5.41) is 14.9. The van der Waals surface area contributed by atoms with Crippen molar-refractivity contribution in [3.05, 3.63) is 35.6 Å². The van der Waals surface area contributed by atoms with Crippen LogP contribution in [0, 0.1) is 5.82 Å². The normalized spacial score (nSPS) is 24.7. The van der Waals surface area contributed by atoms with E-state index in [1.807, 2.05) is 23.9 Å². The van der Waals surface area contributed by atoms with Crippen LogP contribution in [-0.2, 0) is 0 Å². The Morgan fingerprint density at radius 3 is 2.81 bits per heavy atom. The van der Waals surface area contributed by atoms with E-state index in [0.29, 0.717) is 18.6 Å². The third-order valence-electron chi connectivity index (χ3n) is 5.47. The maximum absolute atomic E-state index is 13.2. The summed E-state index contributed by atoms with van der Waals surface area (Å²) in [7, 11) is 0. The van der Waals surface area contributed by atoms with Gasteiger partial charge in [-0.2, -0.15) is 11.8 Å². The number of thioether (sulfide) groups is 1. The Labute approximate surface area is 158 Å². The Hall–Kier alpha value is -1.31. The molecule has 3 atom stereocenters. The average molecular weight is 382 g/mol. The van der Waals surface area contributed by atoms with Gasteiger partial charge in [0.05, 0.1) is 0 Å². The molecule has 5 nitrogen and oxygen atoms in total. The molecule has 0 spiro atoms. The van der Waals surface area contributed by atoms with Gasteiger partial charge in [0.2, 0.25) is 0 Å². The second kappa shape index (κ2) is 9.58. The number of rotatable bonds is 8. The molecule has 2 aliphatic heterocycles. The highest BCUT2D eigenvalue weighted by molar-refractivity contribution is 7.99. The fraction of sp³-hybridized carbons (Fsp3) is 0.632. The van der Waals surface area contributed by atoms with Crippen LogP contribution in [0.2, 0.25) is 0 Å². The third-order valence-corrected chi connectivity index (χ3v) is 6.56. The van der Waals surface area contributed by atoms with Crippen LogP contribution >= 0.6 is 11.8 Å². The summed E-state index contributed by atoms with van der Waals surface area (Å²) >= 11 is 2.03. The number of carbonyl (C=O) groups is 1. The van der Waals surface area contributed by atoms with Gasteiger partial charge >= 0.3 is 6.09 Å². The SMILES string of the molecule is O=C(O)NCCC(CCN1CCC1C1CSCCN1)c1ccc(F)cc1. The van der Waals surface area contributed by atoms with Crippen molar-refractivity contribution in [2.45, 2.75) is 37.3 Å². The Balaban J connectivity index is 1.54. The highest BCUT2D eigenvalue weighted by atomic mass is 32.2. The molecule has 1 aromatic carbocycles. The van der Waals surface area contributed by atoms with Crippen molar-refractivity contribution in [1.29, 1.82) is 0 Å². The Kier molecular flexibility index (Phi) is 7.16. The molecule has 0 aliphatic carbocycles. The van der Waals surface area contributed by atoms with E-state index in [9.17, 15) is 9.18 Å². The first-order valence-corrected chi connectivity index (χ1v) is 10.6. The van der Waals surface area contributed by atoms with Crippen molar-refractivity contribution in [3.63, 3.8) is 0 Å². The molecule has 2 fully saturated rings. The fourth-order valence-corrected chi connectivity index (χ4v) is 4.94. The molecule has 0 bridgehead atoms. The minimum atomic E-state index is -0.994. The predicted octanol–water partition coefficient (Wildman–Crippen LogP) is 2.74. The van der Waals surface area contributed by atoms with Crippen molar-refractivity contribution in [2.24, 2.45) is 0 Å². The largest absolute Gasteiger partial charge is 0.465 e. The van der Waals surface area contributed by atoms with Crippen molar-refractivity contribution in [3.8, 4) is 0 Å². The van der Waals surface area contributed by atoms with Gasteiger partial charge in [0.15, 0.2) is 0 Å². The summed E-state index contributed by atoms with van der Waals surface area (Å²) < 4.78 is 13.2. The Morgan fingerprint density at radius 1 is 1.38 bits per heavy atom. The highest BCUT2D eigenvalue weighted by Gasteiger charge is 2.35. The zero-order chi connectivity index (χ0) is 18.4. The van der Waals surface area contributed by atoms with E-state index in [0.717, 1.165) is 38.0 Å². The Bertz CT molecular complexity index is 581. The quantitative estimate of drug-likeness (QED) is 0.646. The Morgan fingerprint density at radius 2 is 2.19 bits per heavy atom. The van der Waals surface area contributed by atoms with Crippen LogP contribution in [0.15, 0.2) is 24.3 Å². The number of hydrogen-bond donors (Lipinski definition) is 3. The van der Waals surface area contributed by atoms with E-state index in [-0.39, 0.29) is 11.7 Å². The molecule has 0 radical (unpaired) electrons. The van der Waals surface area contributed by atoms with Crippen molar-refractivity contribution >= 4 is 17.9 Å². The van der Waals surface area contributed by atoms with Gasteiger partial charge in [-0.3, -0.25) is 4.90 Å². The molecule has 2 saturated heterocycles. The minimum Gasteiger partial charge on any atom is -0.465 e. The van der Waals surface area contributed by atoms with Crippen LogP contribution in [0.5, 0.6) is 0 Å². The van der Waals surface area contributed by atoms with Crippen molar-refractivity contribution < 1.29 is 14.3 Å². The molecular formula is C19H28FN3O2S. The van der Waals surface area contributed by atoms with Crippen LogP contribution in [0.25, 0.3) is 0 Å². The molecule has 0 aromatic heterocycles. The van der Waals surface area contributed by atoms with E-state index in [4.69, 9.17) is 5.11 Å². The van der Waals surface area contributed by atoms with Crippen molar-refractivity contribution in [1.82, 2.24) is 15.5 Å². The van der Waals surface area contributed by atoms with Gasteiger partial charge < -0.3 is 15.7 Å². The van der Waals surface area contributed by atoms with Crippen LogP contribution in [-0.4, -0.2) is 65.9 Å². The molecule has 3 unspecified atom stereocenters. The monoisotopic (exact) mass is 381 g/mol. The zero-order valence-corrected chi connectivity index (χ0v) is 15.8. The fourth-order valence-electron chi connectivity index (χ4n) is 3.91. The van der Waals surface area contributed by atoms with Gasteiger partial charge in [-0.1, -0.05) is 12.1 Å². The van der Waals surface area contributed by atoms with E-state index < -0.39 is 6.09 Å². The summed E-state index contributed by atoms with van der Waals surface area (Å²) in [6, 6.07) is 7.83. The molecule has 1 amide bonds. The number of amides is 1. The first-order chi connectivity index (χ1) is 12.6. The number of likely N-dealkylation sites (tertiary alicyclic amines) is 1. The number of benzene rings is 1. The summed E-state index contributed by atoms with van der Waals surface area (Å²) in [6.45, 7) is 3.65. The summed E-state index contributed by atoms with van der Waals surface area (Å²) in [6.07, 6.45) is 1.95. The highest BCUT2D eigenvalue weighted by Crippen LogP contribution is 2.29. The van der Waals surface area contributed by atoms with Gasteiger partial charge in [-0.05, 0) is 49.4 Å². The summed E-state index contributed by atoms with van der Waals surface area (Å²) in [5.41, 5.74) is 1.09. The lowest BCUT2D eigenvalue weighted by Gasteiger charge is -2.47. The first kappa shape index (κ1) is 19.5. The third kappa shape index (κ3) is 5.34. The maximum atomic E-state index is 13.2. The zero-order valence-electron chi connectivity index (χ0n) is 15.0. The lowest BCUT2D eigenvalue weighted by molar-refractivity contribution is 0.0621. The second-order valence-corrected chi connectivity index (χ2v) is 8.24. The van der Waals surface area contributed by atoms with Crippen molar-refractivity contribution in [2.75, 3.05) is 37.7 Å². The van der Waals surface area contributed by atoms with Crippen LogP contribution in [0.3, 0.4) is 0 Å². The maximum Gasteiger partial charge on any atom is 0.404 e.